The van der Waals surface area contributed by atoms with Gasteiger partial charge in [-0.15, -0.1) is 0 Å². The molecule has 20 heavy (non-hydrogen) atoms. The lowest BCUT2D eigenvalue weighted by Gasteiger charge is -2.48. The summed E-state index contributed by atoms with van der Waals surface area (Å²) in [6.45, 7) is 2.17. The first-order valence-corrected chi connectivity index (χ1v) is 7.27. The highest BCUT2D eigenvalue weighted by Gasteiger charge is 2.58. The van der Waals surface area contributed by atoms with Crippen molar-refractivity contribution in [3.8, 4) is 12.1 Å². The van der Waals surface area contributed by atoms with E-state index in [0.717, 1.165) is 24.2 Å². The summed E-state index contributed by atoms with van der Waals surface area (Å²) in [5.74, 6) is -2.49. The highest BCUT2D eigenvalue weighted by molar-refractivity contribution is 6.03. The standard InChI is InChI=1S/C15H19N3O2/c1-2-8-18-13(19)11(9-16)15(6-4-3-5-7-15)12(10-17)14(18)20/h11-12H,2-8H2,1H3. The largest absolute Gasteiger partial charge is 0.280 e. The molecule has 0 aromatic heterocycles. The van der Waals surface area contributed by atoms with E-state index in [1.54, 1.807) is 0 Å². The van der Waals surface area contributed by atoms with Crippen molar-refractivity contribution >= 4 is 11.8 Å². The number of rotatable bonds is 2. The minimum absolute atomic E-state index is 0.296. The predicted molar refractivity (Wildman–Crippen MR) is 70.7 cm³/mol. The van der Waals surface area contributed by atoms with Crippen LogP contribution >= 0.6 is 0 Å². The van der Waals surface area contributed by atoms with Crippen LogP contribution in [0.4, 0.5) is 0 Å². The lowest BCUT2D eigenvalue weighted by atomic mass is 9.57. The molecule has 0 N–H and O–H groups in total. The van der Waals surface area contributed by atoms with Crippen LogP contribution in [0.3, 0.4) is 0 Å². The van der Waals surface area contributed by atoms with Gasteiger partial charge in [-0.1, -0.05) is 26.2 Å². The van der Waals surface area contributed by atoms with Crippen LogP contribution in [0.25, 0.3) is 0 Å². The molecule has 5 nitrogen and oxygen atoms in total. The van der Waals surface area contributed by atoms with Gasteiger partial charge in [0.25, 0.3) is 0 Å². The summed E-state index contributed by atoms with van der Waals surface area (Å²) in [6.07, 6.45) is 4.69. The molecule has 1 spiro atoms. The van der Waals surface area contributed by atoms with E-state index >= 15 is 0 Å². The molecule has 0 aromatic carbocycles. The van der Waals surface area contributed by atoms with Gasteiger partial charge < -0.3 is 0 Å². The first-order chi connectivity index (χ1) is 9.62. The number of amides is 2. The Kier molecular flexibility index (Phi) is 4.09. The first-order valence-electron chi connectivity index (χ1n) is 7.27. The van der Waals surface area contributed by atoms with E-state index in [2.05, 4.69) is 12.1 Å². The fourth-order valence-electron chi connectivity index (χ4n) is 3.68. The van der Waals surface area contributed by atoms with Gasteiger partial charge in [-0.25, -0.2) is 0 Å². The zero-order valence-corrected chi connectivity index (χ0v) is 11.8. The van der Waals surface area contributed by atoms with Crippen molar-refractivity contribution in [1.29, 1.82) is 10.5 Å². The van der Waals surface area contributed by atoms with Crippen molar-refractivity contribution in [3.63, 3.8) is 0 Å². The molecular formula is C15H19N3O2. The van der Waals surface area contributed by atoms with E-state index < -0.39 is 29.1 Å². The fraction of sp³-hybridized carbons (Fsp3) is 0.733. The number of imide groups is 1. The van der Waals surface area contributed by atoms with Gasteiger partial charge in [0.15, 0.2) is 0 Å². The Balaban J connectivity index is 2.46. The topological polar surface area (TPSA) is 85.0 Å². The molecule has 1 aliphatic carbocycles. The number of likely N-dealkylation sites (tertiary alicyclic amines) is 1. The van der Waals surface area contributed by atoms with Gasteiger partial charge >= 0.3 is 0 Å². The molecule has 1 saturated carbocycles. The van der Waals surface area contributed by atoms with Gasteiger partial charge in [0.1, 0.15) is 11.8 Å². The van der Waals surface area contributed by atoms with Gasteiger partial charge in [0.2, 0.25) is 11.8 Å². The second-order valence-electron chi connectivity index (χ2n) is 5.75. The van der Waals surface area contributed by atoms with E-state index in [9.17, 15) is 20.1 Å². The maximum absolute atomic E-state index is 12.5. The van der Waals surface area contributed by atoms with E-state index in [1.807, 2.05) is 6.92 Å². The lowest BCUT2D eigenvalue weighted by molar-refractivity contribution is -0.163. The van der Waals surface area contributed by atoms with E-state index in [-0.39, 0.29) is 0 Å². The molecule has 106 valence electrons. The van der Waals surface area contributed by atoms with Gasteiger partial charge in [-0.05, 0) is 19.3 Å². The second kappa shape index (κ2) is 5.63. The molecule has 1 heterocycles. The number of hydrogen-bond donors (Lipinski definition) is 0. The Morgan fingerprint density at radius 3 is 2.00 bits per heavy atom. The molecule has 2 fully saturated rings. The average molecular weight is 273 g/mol. The molecule has 0 aromatic rings. The van der Waals surface area contributed by atoms with Crippen LogP contribution in [-0.2, 0) is 9.59 Å². The average Bonchev–Trinajstić information content (AvgIpc) is 2.45. The van der Waals surface area contributed by atoms with Crippen LogP contribution in [0.2, 0.25) is 0 Å². The second-order valence-corrected chi connectivity index (χ2v) is 5.75. The van der Waals surface area contributed by atoms with Crippen LogP contribution in [0.5, 0.6) is 0 Å². The Morgan fingerprint density at radius 1 is 1.10 bits per heavy atom. The highest BCUT2D eigenvalue weighted by atomic mass is 16.2. The lowest BCUT2D eigenvalue weighted by Crippen LogP contribution is -2.59. The summed E-state index contributed by atoms with van der Waals surface area (Å²) in [4.78, 5) is 26.1. The van der Waals surface area contributed by atoms with E-state index in [4.69, 9.17) is 0 Å². The third-order valence-corrected chi connectivity index (χ3v) is 4.67. The smallest absolute Gasteiger partial charge is 0.247 e. The number of nitrogens with zero attached hydrogens (tertiary/aromatic N) is 3. The maximum Gasteiger partial charge on any atom is 0.247 e. The van der Waals surface area contributed by atoms with Crippen molar-refractivity contribution in [2.45, 2.75) is 45.4 Å². The molecule has 0 bridgehead atoms. The van der Waals surface area contributed by atoms with Crippen LogP contribution in [-0.4, -0.2) is 23.3 Å². The van der Waals surface area contributed by atoms with Crippen molar-refractivity contribution in [2.24, 2.45) is 17.3 Å². The number of carbonyl (C=O) groups excluding carboxylic acids is 2. The van der Waals surface area contributed by atoms with Crippen molar-refractivity contribution in [2.75, 3.05) is 6.54 Å². The number of hydrogen-bond acceptors (Lipinski definition) is 4. The van der Waals surface area contributed by atoms with Crippen LogP contribution in [0, 0.1) is 39.9 Å². The summed E-state index contributed by atoms with van der Waals surface area (Å²) in [7, 11) is 0. The molecule has 1 aliphatic heterocycles. The maximum atomic E-state index is 12.5. The van der Waals surface area contributed by atoms with Crippen LogP contribution in [0.15, 0.2) is 0 Å². The minimum atomic E-state index is -0.850. The van der Waals surface area contributed by atoms with E-state index in [1.165, 1.54) is 0 Å². The van der Waals surface area contributed by atoms with Crippen molar-refractivity contribution < 1.29 is 9.59 Å². The highest BCUT2D eigenvalue weighted by Crippen LogP contribution is 2.51. The summed E-state index contributed by atoms with van der Waals surface area (Å²) < 4.78 is 0. The van der Waals surface area contributed by atoms with Crippen LogP contribution in [0.1, 0.15) is 45.4 Å². The Bertz CT molecular complexity index is 458. The third-order valence-electron chi connectivity index (χ3n) is 4.67. The molecule has 5 heteroatoms. The van der Waals surface area contributed by atoms with Gasteiger partial charge in [-0.3, -0.25) is 14.5 Å². The Hall–Kier alpha value is -1.88. The Morgan fingerprint density at radius 2 is 1.60 bits per heavy atom. The minimum Gasteiger partial charge on any atom is -0.280 e. The van der Waals surface area contributed by atoms with Gasteiger partial charge in [-0.2, -0.15) is 10.5 Å². The monoisotopic (exact) mass is 273 g/mol. The fourth-order valence-corrected chi connectivity index (χ4v) is 3.68. The van der Waals surface area contributed by atoms with Gasteiger partial charge in [0, 0.05) is 12.0 Å². The summed E-state index contributed by atoms with van der Waals surface area (Å²) in [6, 6.07) is 4.19. The normalized spacial score (nSPS) is 29.1. The molecule has 2 amide bonds. The van der Waals surface area contributed by atoms with Crippen molar-refractivity contribution in [3.05, 3.63) is 0 Å². The molecule has 1 saturated heterocycles. The Labute approximate surface area is 119 Å². The molecule has 2 unspecified atom stereocenters. The zero-order valence-electron chi connectivity index (χ0n) is 11.8. The predicted octanol–water partition coefficient (Wildman–Crippen LogP) is 2.00. The number of nitriles is 2. The number of piperidine rings is 1. The summed E-state index contributed by atoms with van der Waals surface area (Å²) in [5.41, 5.74) is -0.750. The van der Waals surface area contributed by atoms with Crippen LogP contribution < -0.4 is 0 Å². The molecule has 0 radical (unpaired) electrons. The zero-order chi connectivity index (χ0) is 14.8. The first kappa shape index (κ1) is 14.5. The number of carbonyl (C=O) groups is 2. The molecular weight excluding hydrogens is 254 g/mol. The van der Waals surface area contributed by atoms with Gasteiger partial charge in [0.05, 0.1) is 12.1 Å². The third kappa shape index (κ3) is 1.98. The molecule has 2 rings (SSSR count). The van der Waals surface area contributed by atoms with Crippen molar-refractivity contribution in [1.82, 2.24) is 4.90 Å². The summed E-state index contributed by atoms with van der Waals surface area (Å²) >= 11 is 0. The molecule has 2 atom stereocenters. The molecule has 2 aliphatic rings. The van der Waals surface area contributed by atoms with E-state index in [0.29, 0.717) is 25.8 Å². The SMILES string of the molecule is CCCN1C(=O)C(C#N)C2(CCCCC2)C(C#N)C1=O. The summed E-state index contributed by atoms with van der Waals surface area (Å²) in [5, 5.41) is 18.9. The quantitative estimate of drug-likeness (QED) is 0.720.